The number of hydroxylamine groups is 1. The Hall–Kier alpha value is -1.39. The molecule has 1 N–H and O–H groups in total. The first-order chi connectivity index (χ1) is 6.40. The number of oxazole rings is 1. The van der Waals surface area contributed by atoms with Crippen molar-refractivity contribution in [2.75, 3.05) is 7.11 Å². The van der Waals surface area contributed by atoms with Gasteiger partial charge in [0.15, 0.2) is 5.58 Å². The van der Waals surface area contributed by atoms with Gasteiger partial charge in [-0.3, -0.25) is 0 Å². The summed E-state index contributed by atoms with van der Waals surface area (Å²) >= 11 is 0. The average molecular weight is 178 g/mol. The van der Waals surface area contributed by atoms with E-state index in [9.17, 15) is 0 Å². The Kier molecular flexibility index (Phi) is 2.25. The predicted octanol–water partition coefficient (Wildman–Crippen LogP) is 1.48. The van der Waals surface area contributed by atoms with E-state index in [-0.39, 0.29) is 0 Å². The number of nitrogens with one attached hydrogen (secondary N) is 1. The van der Waals surface area contributed by atoms with Crippen LogP contribution in [0.25, 0.3) is 11.1 Å². The topological polar surface area (TPSA) is 47.3 Å². The molecule has 0 amide bonds. The summed E-state index contributed by atoms with van der Waals surface area (Å²) in [4.78, 5) is 8.93. The quantitative estimate of drug-likeness (QED) is 0.723. The smallest absolute Gasteiger partial charge is 0.211 e. The number of para-hydroxylation sites is 2. The van der Waals surface area contributed by atoms with Crippen LogP contribution in [0.2, 0.25) is 0 Å². The van der Waals surface area contributed by atoms with Crippen LogP contribution in [0.5, 0.6) is 0 Å². The Morgan fingerprint density at radius 3 is 3.08 bits per heavy atom. The molecule has 4 heteroatoms. The minimum atomic E-state index is 0.477. The molecular formula is C9H10N2O2. The van der Waals surface area contributed by atoms with Crippen molar-refractivity contribution < 1.29 is 9.25 Å². The van der Waals surface area contributed by atoms with Gasteiger partial charge in [0.25, 0.3) is 0 Å². The van der Waals surface area contributed by atoms with E-state index < -0.39 is 0 Å². The van der Waals surface area contributed by atoms with Crippen LogP contribution in [-0.4, -0.2) is 12.1 Å². The highest BCUT2D eigenvalue weighted by Gasteiger charge is 2.02. The maximum atomic E-state index is 5.42. The molecule has 0 aliphatic carbocycles. The van der Waals surface area contributed by atoms with Crippen molar-refractivity contribution in [2.45, 2.75) is 6.54 Å². The van der Waals surface area contributed by atoms with Gasteiger partial charge in [0.05, 0.1) is 13.7 Å². The van der Waals surface area contributed by atoms with Gasteiger partial charge in [0.1, 0.15) is 5.52 Å². The molecule has 0 bridgehead atoms. The lowest BCUT2D eigenvalue weighted by Gasteiger charge is -1.94. The lowest BCUT2D eigenvalue weighted by atomic mass is 10.3. The molecule has 1 aromatic carbocycles. The van der Waals surface area contributed by atoms with Gasteiger partial charge in [0, 0.05) is 0 Å². The van der Waals surface area contributed by atoms with Crippen LogP contribution in [0.3, 0.4) is 0 Å². The summed E-state index contributed by atoms with van der Waals surface area (Å²) in [7, 11) is 1.56. The van der Waals surface area contributed by atoms with Gasteiger partial charge in [-0.15, -0.1) is 0 Å². The molecule has 0 saturated carbocycles. The molecule has 0 atom stereocenters. The predicted molar refractivity (Wildman–Crippen MR) is 47.9 cm³/mol. The van der Waals surface area contributed by atoms with Crippen LogP contribution in [0, 0.1) is 0 Å². The summed E-state index contributed by atoms with van der Waals surface area (Å²) in [5.41, 5.74) is 4.34. The minimum absolute atomic E-state index is 0.477. The molecule has 1 heterocycles. The third kappa shape index (κ3) is 1.68. The normalized spacial score (nSPS) is 10.8. The molecule has 0 fully saturated rings. The number of fused-ring (bicyclic) bond motifs is 1. The molecule has 0 unspecified atom stereocenters. The second-order valence-electron chi connectivity index (χ2n) is 2.60. The maximum Gasteiger partial charge on any atom is 0.211 e. The van der Waals surface area contributed by atoms with Crippen LogP contribution < -0.4 is 5.48 Å². The summed E-state index contributed by atoms with van der Waals surface area (Å²) in [6, 6.07) is 7.65. The van der Waals surface area contributed by atoms with Gasteiger partial charge in [-0.1, -0.05) is 12.1 Å². The van der Waals surface area contributed by atoms with Gasteiger partial charge >= 0.3 is 0 Å². The Balaban J connectivity index is 2.28. The fraction of sp³-hybridized carbons (Fsp3) is 0.222. The number of hydrogen-bond donors (Lipinski definition) is 1. The zero-order chi connectivity index (χ0) is 9.10. The summed E-state index contributed by atoms with van der Waals surface area (Å²) in [5.74, 6) is 0.628. The third-order valence-electron chi connectivity index (χ3n) is 1.71. The average Bonchev–Trinajstić information content (AvgIpc) is 2.57. The van der Waals surface area contributed by atoms with Crippen molar-refractivity contribution in [3.8, 4) is 0 Å². The van der Waals surface area contributed by atoms with E-state index >= 15 is 0 Å². The van der Waals surface area contributed by atoms with Gasteiger partial charge in [0.2, 0.25) is 5.89 Å². The molecule has 0 saturated heterocycles. The van der Waals surface area contributed by atoms with E-state index in [1.165, 1.54) is 0 Å². The summed E-state index contributed by atoms with van der Waals surface area (Å²) in [5, 5.41) is 0. The molecular weight excluding hydrogens is 168 g/mol. The van der Waals surface area contributed by atoms with E-state index in [2.05, 4.69) is 10.5 Å². The van der Waals surface area contributed by atoms with E-state index in [0.717, 1.165) is 11.1 Å². The van der Waals surface area contributed by atoms with E-state index in [1.54, 1.807) is 7.11 Å². The SMILES string of the molecule is CONCc1nc2ccccc2o1. The largest absolute Gasteiger partial charge is 0.439 e. The Morgan fingerprint density at radius 1 is 1.46 bits per heavy atom. The maximum absolute atomic E-state index is 5.42. The molecule has 0 aliphatic heterocycles. The first-order valence-electron chi connectivity index (χ1n) is 4.00. The molecule has 68 valence electrons. The van der Waals surface area contributed by atoms with E-state index in [1.807, 2.05) is 24.3 Å². The van der Waals surface area contributed by atoms with Gasteiger partial charge in [-0.25, -0.2) is 4.98 Å². The Morgan fingerprint density at radius 2 is 2.31 bits per heavy atom. The lowest BCUT2D eigenvalue weighted by molar-refractivity contribution is 0.0810. The molecule has 1 aromatic heterocycles. The van der Waals surface area contributed by atoms with Gasteiger partial charge in [-0.2, -0.15) is 5.48 Å². The number of benzene rings is 1. The van der Waals surface area contributed by atoms with Crippen molar-refractivity contribution >= 4 is 11.1 Å². The first-order valence-corrected chi connectivity index (χ1v) is 4.00. The third-order valence-corrected chi connectivity index (χ3v) is 1.71. The number of hydrogen-bond acceptors (Lipinski definition) is 4. The van der Waals surface area contributed by atoms with Crippen molar-refractivity contribution in [1.29, 1.82) is 0 Å². The fourth-order valence-corrected chi connectivity index (χ4v) is 1.13. The standard InChI is InChI=1S/C9H10N2O2/c1-12-10-6-9-11-7-4-2-3-5-8(7)13-9/h2-5,10H,6H2,1H3. The van der Waals surface area contributed by atoms with Crippen LogP contribution in [0.15, 0.2) is 28.7 Å². The van der Waals surface area contributed by atoms with Crippen molar-refractivity contribution in [3.63, 3.8) is 0 Å². The monoisotopic (exact) mass is 178 g/mol. The zero-order valence-electron chi connectivity index (χ0n) is 7.28. The summed E-state index contributed by atoms with van der Waals surface area (Å²) in [6.07, 6.45) is 0. The number of rotatable bonds is 3. The molecule has 13 heavy (non-hydrogen) atoms. The Labute approximate surface area is 75.5 Å². The zero-order valence-corrected chi connectivity index (χ0v) is 7.28. The van der Waals surface area contributed by atoms with Crippen LogP contribution in [0.1, 0.15) is 5.89 Å². The highest BCUT2D eigenvalue weighted by molar-refractivity contribution is 5.72. The van der Waals surface area contributed by atoms with Crippen LogP contribution >= 0.6 is 0 Å². The van der Waals surface area contributed by atoms with Crippen molar-refractivity contribution in [1.82, 2.24) is 10.5 Å². The minimum Gasteiger partial charge on any atom is -0.439 e. The van der Waals surface area contributed by atoms with Crippen molar-refractivity contribution in [2.24, 2.45) is 0 Å². The number of nitrogens with zero attached hydrogens (tertiary/aromatic N) is 1. The molecule has 2 rings (SSSR count). The van der Waals surface area contributed by atoms with Crippen molar-refractivity contribution in [3.05, 3.63) is 30.2 Å². The second kappa shape index (κ2) is 3.55. The van der Waals surface area contributed by atoms with Crippen LogP contribution in [0.4, 0.5) is 0 Å². The van der Waals surface area contributed by atoms with Gasteiger partial charge in [-0.05, 0) is 12.1 Å². The van der Waals surface area contributed by atoms with Gasteiger partial charge < -0.3 is 9.25 Å². The van der Waals surface area contributed by atoms with Crippen LogP contribution in [-0.2, 0) is 11.4 Å². The summed E-state index contributed by atoms with van der Waals surface area (Å²) < 4.78 is 5.42. The molecule has 0 radical (unpaired) electrons. The molecule has 0 spiro atoms. The molecule has 2 aromatic rings. The highest BCUT2D eigenvalue weighted by atomic mass is 16.6. The highest BCUT2D eigenvalue weighted by Crippen LogP contribution is 2.13. The number of aromatic nitrogens is 1. The first kappa shape index (κ1) is 8.22. The van der Waals surface area contributed by atoms with E-state index in [4.69, 9.17) is 9.25 Å². The molecule has 0 aliphatic rings. The Bertz CT molecular complexity index is 364. The van der Waals surface area contributed by atoms with E-state index in [0.29, 0.717) is 12.4 Å². The second-order valence-corrected chi connectivity index (χ2v) is 2.60. The fourth-order valence-electron chi connectivity index (χ4n) is 1.13. The summed E-state index contributed by atoms with van der Waals surface area (Å²) in [6.45, 7) is 0.477. The lowest BCUT2D eigenvalue weighted by Crippen LogP contribution is -2.10. The molecule has 4 nitrogen and oxygen atoms in total.